The van der Waals surface area contributed by atoms with Crippen LogP contribution in [0.4, 0.5) is 24.5 Å². The number of alkyl halides is 3. The lowest BCUT2D eigenvalue weighted by atomic mass is 10.0. The number of halogens is 3. The number of carbonyl (C=O) groups excluding carboxylic acids is 2. The van der Waals surface area contributed by atoms with E-state index in [2.05, 4.69) is 5.32 Å². The molecule has 0 fully saturated rings. The number of ether oxygens (including phenoxy) is 1. The third-order valence-electron chi connectivity index (χ3n) is 5.22. The molecule has 0 atom stereocenters. The van der Waals surface area contributed by atoms with Gasteiger partial charge in [-0.2, -0.15) is 13.2 Å². The summed E-state index contributed by atoms with van der Waals surface area (Å²) in [5, 5.41) is 2.97. The smallest absolute Gasteiger partial charge is 0.416 e. The van der Waals surface area contributed by atoms with Gasteiger partial charge in [-0.1, -0.05) is 48.0 Å². The quantitative estimate of drug-likeness (QED) is 0.526. The third kappa shape index (κ3) is 4.19. The molecule has 0 saturated heterocycles. The van der Waals surface area contributed by atoms with Crippen molar-refractivity contribution in [3.05, 3.63) is 95.2 Å². The van der Waals surface area contributed by atoms with Crippen molar-refractivity contribution in [1.82, 2.24) is 0 Å². The van der Waals surface area contributed by atoms with Gasteiger partial charge in [0.1, 0.15) is 11.4 Å². The molecule has 0 aromatic heterocycles. The minimum Gasteiger partial charge on any atom is -0.495 e. The minimum atomic E-state index is -4.62. The highest BCUT2D eigenvalue weighted by Gasteiger charge is 2.41. The largest absolute Gasteiger partial charge is 0.495 e. The molecule has 0 saturated carbocycles. The van der Waals surface area contributed by atoms with Crippen molar-refractivity contribution in [1.29, 1.82) is 0 Å². The van der Waals surface area contributed by atoms with Gasteiger partial charge in [0.15, 0.2) is 0 Å². The molecule has 8 heteroatoms. The summed E-state index contributed by atoms with van der Waals surface area (Å²) in [6.45, 7) is 1.88. The Morgan fingerprint density at radius 1 is 0.879 bits per heavy atom. The van der Waals surface area contributed by atoms with Crippen molar-refractivity contribution in [3.8, 4) is 5.75 Å². The summed E-state index contributed by atoms with van der Waals surface area (Å²) in [5.74, 6) is -1.05. The topological polar surface area (TPSA) is 58.6 Å². The van der Waals surface area contributed by atoms with Crippen molar-refractivity contribution in [2.75, 3.05) is 17.3 Å². The average molecular weight is 452 g/mol. The molecule has 2 amide bonds. The number of carbonyl (C=O) groups is 2. The van der Waals surface area contributed by atoms with Crippen molar-refractivity contribution in [2.24, 2.45) is 0 Å². The number of hydrogen-bond acceptors (Lipinski definition) is 4. The predicted molar refractivity (Wildman–Crippen MR) is 119 cm³/mol. The minimum absolute atomic E-state index is 0.0502. The zero-order chi connectivity index (χ0) is 23.8. The third-order valence-corrected chi connectivity index (χ3v) is 5.22. The van der Waals surface area contributed by atoms with E-state index < -0.39 is 23.6 Å². The number of para-hydroxylation sites is 2. The summed E-state index contributed by atoms with van der Waals surface area (Å²) in [7, 11) is 1.46. The summed E-state index contributed by atoms with van der Waals surface area (Å²) < 4.78 is 45.1. The van der Waals surface area contributed by atoms with Crippen LogP contribution in [0.25, 0.3) is 5.57 Å². The number of hydrogen-bond donors (Lipinski definition) is 1. The molecule has 33 heavy (non-hydrogen) atoms. The first kappa shape index (κ1) is 22.1. The second-order valence-corrected chi connectivity index (χ2v) is 7.44. The van der Waals surface area contributed by atoms with Gasteiger partial charge < -0.3 is 10.1 Å². The molecule has 1 heterocycles. The molecule has 5 nitrogen and oxygen atoms in total. The van der Waals surface area contributed by atoms with E-state index in [0.717, 1.165) is 28.7 Å². The summed E-state index contributed by atoms with van der Waals surface area (Å²) in [6.07, 6.45) is -4.62. The lowest BCUT2D eigenvalue weighted by Crippen LogP contribution is -2.32. The van der Waals surface area contributed by atoms with E-state index in [-0.39, 0.29) is 17.0 Å². The number of aryl methyl sites for hydroxylation is 1. The zero-order valence-corrected chi connectivity index (χ0v) is 17.7. The maximum absolute atomic E-state index is 13.4. The number of nitrogens with one attached hydrogen (secondary N) is 1. The highest BCUT2D eigenvalue weighted by atomic mass is 19.4. The molecule has 3 aromatic carbocycles. The van der Waals surface area contributed by atoms with Gasteiger partial charge in [0, 0.05) is 0 Å². The SMILES string of the molecule is COc1ccccc1NC1=C(c2ccc(C)cc2)C(=O)N(c2cccc(C(F)(F)F)c2)C1=O. The Hall–Kier alpha value is -4.07. The van der Waals surface area contributed by atoms with Crippen LogP contribution in [0, 0.1) is 6.92 Å². The Bertz CT molecular complexity index is 1260. The van der Waals surface area contributed by atoms with Crippen LogP contribution in [0.3, 0.4) is 0 Å². The van der Waals surface area contributed by atoms with Gasteiger partial charge >= 0.3 is 6.18 Å². The number of methoxy groups -OCH3 is 1. The standard InChI is InChI=1S/C25H19F3N2O3/c1-15-10-12-16(13-11-15)21-22(29-19-8-3-4-9-20(19)33-2)24(32)30(23(21)31)18-7-5-6-17(14-18)25(26,27)28/h3-14,29H,1-2H3. The molecule has 0 bridgehead atoms. The predicted octanol–water partition coefficient (Wildman–Crippen LogP) is 5.42. The molecular formula is C25H19F3N2O3. The lowest BCUT2D eigenvalue weighted by Gasteiger charge is -2.17. The Morgan fingerprint density at radius 3 is 2.24 bits per heavy atom. The van der Waals surface area contributed by atoms with Gasteiger partial charge in [-0.25, -0.2) is 4.90 Å². The van der Waals surface area contributed by atoms with Gasteiger partial charge in [-0.05, 0) is 42.8 Å². The fraction of sp³-hybridized carbons (Fsp3) is 0.120. The number of nitrogens with zero attached hydrogens (tertiary/aromatic N) is 1. The van der Waals surface area contributed by atoms with Crippen LogP contribution in [0.1, 0.15) is 16.7 Å². The van der Waals surface area contributed by atoms with Crippen LogP contribution in [-0.2, 0) is 15.8 Å². The fourth-order valence-electron chi connectivity index (χ4n) is 3.57. The van der Waals surface area contributed by atoms with Gasteiger partial charge in [0.25, 0.3) is 11.8 Å². The first-order valence-electron chi connectivity index (χ1n) is 9.98. The molecule has 0 unspecified atom stereocenters. The summed E-state index contributed by atoms with van der Waals surface area (Å²) >= 11 is 0. The van der Waals surface area contributed by atoms with Crippen LogP contribution in [0.2, 0.25) is 0 Å². The average Bonchev–Trinajstić information content (AvgIpc) is 3.03. The van der Waals surface area contributed by atoms with Gasteiger partial charge in [-0.15, -0.1) is 0 Å². The number of imide groups is 1. The van der Waals surface area contributed by atoms with Crippen molar-refractivity contribution in [2.45, 2.75) is 13.1 Å². The van der Waals surface area contributed by atoms with E-state index >= 15 is 0 Å². The number of anilines is 2. The van der Waals surface area contributed by atoms with Gasteiger partial charge in [0.05, 0.1) is 29.6 Å². The summed E-state index contributed by atoms with van der Waals surface area (Å²) in [4.78, 5) is 27.6. The summed E-state index contributed by atoms with van der Waals surface area (Å²) in [6, 6.07) is 17.9. The van der Waals surface area contributed by atoms with E-state index in [1.165, 1.54) is 13.2 Å². The molecule has 168 valence electrons. The maximum atomic E-state index is 13.4. The van der Waals surface area contributed by atoms with Crippen LogP contribution in [0.15, 0.2) is 78.5 Å². The second kappa shape index (κ2) is 8.46. The molecule has 3 aromatic rings. The summed E-state index contributed by atoms with van der Waals surface area (Å²) in [5.41, 5.74) is 0.738. The monoisotopic (exact) mass is 452 g/mol. The van der Waals surface area contributed by atoms with Crippen LogP contribution in [0.5, 0.6) is 5.75 Å². The van der Waals surface area contributed by atoms with E-state index in [1.54, 1.807) is 48.5 Å². The highest BCUT2D eigenvalue weighted by Crippen LogP contribution is 2.37. The van der Waals surface area contributed by atoms with Crippen molar-refractivity contribution >= 4 is 28.8 Å². The van der Waals surface area contributed by atoms with E-state index in [9.17, 15) is 22.8 Å². The van der Waals surface area contributed by atoms with Crippen LogP contribution < -0.4 is 15.0 Å². The Labute approximate surface area is 188 Å². The molecule has 4 rings (SSSR count). The molecule has 1 N–H and O–H groups in total. The first-order valence-corrected chi connectivity index (χ1v) is 9.98. The fourth-order valence-corrected chi connectivity index (χ4v) is 3.57. The number of benzene rings is 3. The Balaban J connectivity index is 1.84. The van der Waals surface area contributed by atoms with Gasteiger partial charge in [-0.3, -0.25) is 9.59 Å². The number of amides is 2. The lowest BCUT2D eigenvalue weighted by molar-refractivity contribution is -0.137. The first-order chi connectivity index (χ1) is 15.7. The number of rotatable bonds is 5. The van der Waals surface area contributed by atoms with E-state index in [0.29, 0.717) is 17.0 Å². The molecule has 0 radical (unpaired) electrons. The van der Waals surface area contributed by atoms with E-state index in [1.807, 2.05) is 6.92 Å². The Morgan fingerprint density at radius 2 is 1.58 bits per heavy atom. The molecule has 0 spiro atoms. The van der Waals surface area contributed by atoms with Crippen LogP contribution in [-0.4, -0.2) is 18.9 Å². The van der Waals surface area contributed by atoms with Gasteiger partial charge in [0.2, 0.25) is 0 Å². The second-order valence-electron chi connectivity index (χ2n) is 7.44. The Kier molecular flexibility index (Phi) is 5.68. The van der Waals surface area contributed by atoms with Crippen LogP contribution >= 0.6 is 0 Å². The normalized spacial score (nSPS) is 14.2. The van der Waals surface area contributed by atoms with E-state index in [4.69, 9.17) is 4.74 Å². The van der Waals surface area contributed by atoms with Crippen molar-refractivity contribution in [3.63, 3.8) is 0 Å². The zero-order valence-electron chi connectivity index (χ0n) is 17.7. The highest BCUT2D eigenvalue weighted by molar-refractivity contribution is 6.46. The van der Waals surface area contributed by atoms with Crippen molar-refractivity contribution < 1.29 is 27.5 Å². The molecule has 1 aliphatic rings. The molecular weight excluding hydrogens is 433 g/mol. The molecule has 0 aliphatic carbocycles. The maximum Gasteiger partial charge on any atom is 0.416 e. The molecule has 1 aliphatic heterocycles.